The van der Waals surface area contributed by atoms with Gasteiger partial charge in [0.15, 0.2) is 0 Å². The first-order valence-corrected chi connectivity index (χ1v) is 11.8. The van der Waals surface area contributed by atoms with Gasteiger partial charge in [-0.1, -0.05) is 48.5 Å². The van der Waals surface area contributed by atoms with Crippen LogP contribution in [0.5, 0.6) is 0 Å². The molecule has 0 bridgehead atoms. The topological polar surface area (TPSA) is 84.3 Å². The Bertz CT molecular complexity index is 1350. The molecule has 1 heterocycles. The van der Waals surface area contributed by atoms with E-state index < -0.39 is 10.0 Å². The quantitative estimate of drug-likeness (QED) is 0.447. The van der Waals surface area contributed by atoms with Crippen LogP contribution in [-0.2, 0) is 16.6 Å². The number of nitrogens with zero attached hydrogens (tertiary/aromatic N) is 3. The first-order chi connectivity index (χ1) is 15.9. The third kappa shape index (κ3) is 4.87. The molecular formula is C25H24N4O3S. The van der Waals surface area contributed by atoms with E-state index in [0.29, 0.717) is 16.9 Å². The highest BCUT2D eigenvalue weighted by molar-refractivity contribution is 7.89. The van der Waals surface area contributed by atoms with E-state index in [-0.39, 0.29) is 17.3 Å². The Labute approximate surface area is 193 Å². The summed E-state index contributed by atoms with van der Waals surface area (Å²) in [5.41, 5.74) is 3.41. The second-order valence-corrected chi connectivity index (χ2v) is 9.66. The number of sulfonamides is 1. The molecule has 168 valence electrons. The van der Waals surface area contributed by atoms with Gasteiger partial charge in [-0.3, -0.25) is 4.79 Å². The molecule has 1 amide bonds. The van der Waals surface area contributed by atoms with Crippen LogP contribution in [0.25, 0.3) is 5.69 Å². The first kappa shape index (κ1) is 22.4. The molecule has 0 atom stereocenters. The number of rotatable bonds is 7. The molecule has 8 heteroatoms. The Morgan fingerprint density at radius 1 is 0.939 bits per heavy atom. The van der Waals surface area contributed by atoms with Crippen molar-refractivity contribution in [3.8, 4) is 5.69 Å². The molecule has 0 aliphatic heterocycles. The molecule has 33 heavy (non-hydrogen) atoms. The summed E-state index contributed by atoms with van der Waals surface area (Å²) in [4.78, 5) is 12.9. The molecule has 0 saturated carbocycles. The van der Waals surface area contributed by atoms with Gasteiger partial charge in [0.05, 0.1) is 28.0 Å². The lowest BCUT2D eigenvalue weighted by Gasteiger charge is -2.17. The van der Waals surface area contributed by atoms with Crippen LogP contribution in [0.1, 0.15) is 21.6 Å². The molecule has 3 aromatic carbocycles. The average Bonchev–Trinajstić information content (AvgIpc) is 3.22. The largest absolute Gasteiger partial charge is 0.322 e. The summed E-state index contributed by atoms with van der Waals surface area (Å²) in [5.74, 6) is -0.313. The van der Waals surface area contributed by atoms with E-state index in [1.165, 1.54) is 22.6 Å². The SMILES string of the molecule is Cc1c(C(=O)Nc2ccc(S(=O)(=O)N(C)Cc3ccccc3)cc2)cnn1-c1ccccc1. The van der Waals surface area contributed by atoms with Crippen LogP contribution in [0, 0.1) is 6.92 Å². The van der Waals surface area contributed by atoms with Crippen molar-refractivity contribution in [2.45, 2.75) is 18.4 Å². The molecule has 7 nitrogen and oxygen atoms in total. The van der Waals surface area contributed by atoms with E-state index in [1.54, 1.807) is 23.9 Å². The van der Waals surface area contributed by atoms with E-state index >= 15 is 0 Å². The molecule has 4 aromatic rings. The third-order valence-corrected chi connectivity index (χ3v) is 7.14. The first-order valence-electron chi connectivity index (χ1n) is 10.4. The standard InChI is InChI=1S/C25H24N4O3S/c1-19-24(17-26-29(19)22-11-7-4-8-12-22)25(30)27-21-13-15-23(16-14-21)33(31,32)28(2)18-20-9-5-3-6-10-20/h3-17H,18H2,1-2H3,(H,27,30). The van der Waals surface area contributed by atoms with Crippen molar-refractivity contribution in [3.63, 3.8) is 0 Å². The minimum atomic E-state index is -3.66. The zero-order valence-corrected chi connectivity index (χ0v) is 19.2. The highest BCUT2D eigenvalue weighted by Crippen LogP contribution is 2.21. The fourth-order valence-corrected chi connectivity index (χ4v) is 4.64. The number of amides is 1. The van der Waals surface area contributed by atoms with Crippen molar-refractivity contribution in [1.82, 2.24) is 14.1 Å². The predicted molar refractivity (Wildman–Crippen MR) is 128 cm³/mol. The van der Waals surface area contributed by atoms with Crippen LogP contribution >= 0.6 is 0 Å². The maximum atomic E-state index is 12.9. The number of benzene rings is 3. The lowest BCUT2D eigenvalue weighted by atomic mass is 10.2. The maximum absolute atomic E-state index is 12.9. The smallest absolute Gasteiger partial charge is 0.259 e. The van der Waals surface area contributed by atoms with Crippen molar-refractivity contribution in [2.24, 2.45) is 0 Å². The van der Waals surface area contributed by atoms with Gasteiger partial charge in [0.1, 0.15) is 0 Å². The minimum absolute atomic E-state index is 0.159. The van der Waals surface area contributed by atoms with E-state index in [1.807, 2.05) is 67.6 Å². The summed E-state index contributed by atoms with van der Waals surface area (Å²) in [6.45, 7) is 2.10. The second kappa shape index (κ2) is 9.40. The van der Waals surface area contributed by atoms with Gasteiger partial charge < -0.3 is 5.32 Å². The highest BCUT2D eigenvalue weighted by Gasteiger charge is 2.21. The minimum Gasteiger partial charge on any atom is -0.322 e. The lowest BCUT2D eigenvalue weighted by molar-refractivity contribution is 0.102. The molecular weight excluding hydrogens is 436 g/mol. The number of nitrogens with one attached hydrogen (secondary N) is 1. The van der Waals surface area contributed by atoms with Gasteiger partial charge in [0, 0.05) is 19.3 Å². The van der Waals surface area contributed by atoms with E-state index in [9.17, 15) is 13.2 Å². The summed E-state index contributed by atoms with van der Waals surface area (Å²) in [5, 5.41) is 7.13. The molecule has 0 aliphatic carbocycles. The Balaban J connectivity index is 1.46. The average molecular weight is 461 g/mol. The number of carbonyl (C=O) groups excluding carboxylic acids is 1. The number of hydrogen-bond donors (Lipinski definition) is 1. The second-order valence-electron chi connectivity index (χ2n) is 7.62. The molecule has 0 radical (unpaired) electrons. The lowest BCUT2D eigenvalue weighted by Crippen LogP contribution is -2.26. The van der Waals surface area contributed by atoms with Crippen LogP contribution < -0.4 is 5.32 Å². The normalized spacial score (nSPS) is 11.5. The molecule has 0 aliphatic rings. The summed E-state index contributed by atoms with van der Waals surface area (Å²) in [6, 6.07) is 25.1. The van der Waals surface area contributed by atoms with Gasteiger partial charge in [0.2, 0.25) is 10.0 Å². The summed E-state index contributed by atoms with van der Waals surface area (Å²) in [7, 11) is -2.11. The van der Waals surface area contributed by atoms with Crippen molar-refractivity contribution < 1.29 is 13.2 Å². The van der Waals surface area contributed by atoms with Gasteiger partial charge >= 0.3 is 0 Å². The molecule has 0 unspecified atom stereocenters. The Hall–Kier alpha value is -3.75. The summed E-state index contributed by atoms with van der Waals surface area (Å²) < 4.78 is 28.8. The zero-order valence-electron chi connectivity index (χ0n) is 18.3. The van der Waals surface area contributed by atoms with E-state index in [4.69, 9.17) is 0 Å². The maximum Gasteiger partial charge on any atom is 0.259 e. The van der Waals surface area contributed by atoms with Crippen molar-refractivity contribution >= 4 is 21.6 Å². The van der Waals surface area contributed by atoms with Gasteiger partial charge in [-0.2, -0.15) is 9.40 Å². The highest BCUT2D eigenvalue weighted by atomic mass is 32.2. The Morgan fingerprint density at radius 3 is 2.18 bits per heavy atom. The van der Waals surface area contributed by atoms with Crippen LogP contribution in [0.4, 0.5) is 5.69 Å². The Kier molecular flexibility index (Phi) is 6.39. The van der Waals surface area contributed by atoms with Gasteiger partial charge in [-0.25, -0.2) is 13.1 Å². The van der Waals surface area contributed by atoms with Gasteiger partial charge in [-0.15, -0.1) is 0 Å². The fourth-order valence-electron chi connectivity index (χ4n) is 3.48. The van der Waals surface area contributed by atoms with E-state index in [2.05, 4.69) is 10.4 Å². The summed E-state index contributed by atoms with van der Waals surface area (Å²) in [6.07, 6.45) is 1.52. The fraction of sp³-hybridized carbons (Fsp3) is 0.120. The molecule has 0 fully saturated rings. The number of para-hydroxylation sites is 1. The van der Waals surface area contributed by atoms with Crippen molar-refractivity contribution in [2.75, 3.05) is 12.4 Å². The van der Waals surface area contributed by atoms with Crippen LogP contribution in [0.15, 0.2) is 96.0 Å². The molecule has 1 aromatic heterocycles. The number of hydrogen-bond acceptors (Lipinski definition) is 4. The third-order valence-electron chi connectivity index (χ3n) is 5.32. The molecule has 1 N–H and O–H groups in total. The predicted octanol–water partition coefficient (Wildman–Crippen LogP) is 4.25. The molecule has 0 saturated heterocycles. The van der Waals surface area contributed by atoms with Gasteiger partial charge in [-0.05, 0) is 48.9 Å². The van der Waals surface area contributed by atoms with E-state index in [0.717, 1.165) is 11.3 Å². The van der Waals surface area contributed by atoms with Crippen LogP contribution in [-0.4, -0.2) is 35.5 Å². The zero-order chi connectivity index (χ0) is 23.4. The monoisotopic (exact) mass is 460 g/mol. The summed E-state index contributed by atoms with van der Waals surface area (Å²) >= 11 is 0. The van der Waals surface area contributed by atoms with Crippen LogP contribution in [0.3, 0.4) is 0 Å². The molecule has 0 spiro atoms. The Morgan fingerprint density at radius 2 is 1.55 bits per heavy atom. The van der Waals surface area contributed by atoms with Gasteiger partial charge in [0.25, 0.3) is 5.91 Å². The number of aromatic nitrogens is 2. The van der Waals surface area contributed by atoms with Crippen LogP contribution in [0.2, 0.25) is 0 Å². The number of carbonyl (C=O) groups is 1. The molecule has 4 rings (SSSR count). The van der Waals surface area contributed by atoms with Crippen molar-refractivity contribution in [1.29, 1.82) is 0 Å². The van der Waals surface area contributed by atoms with Crippen molar-refractivity contribution in [3.05, 3.63) is 108 Å². The number of anilines is 1.